The number of rotatable bonds is 0. The third-order valence-electron chi connectivity index (χ3n) is 3.85. The van der Waals surface area contributed by atoms with Crippen molar-refractivity contribution in [3.8, 4) is 24.3 Å². The lowest BCUT2D eigenvalue weighted by Gasteiger charge is -2.16. The van der Waals surface area contributed by atoms with E-state index in [-0.39, 0.29) is 0 Å². The van der Waals surface area contributed by atoms with Gasteiger partial charge in [-0.05, 0) is 19.3 Å². The first-order valence-electron chi connectivity index (χ1n) is 5.03. The van der Waals surface area contributed by atoms with Gasteiger partial charge in [-0.2, -0.15) is 21.0 Å². The van der Waals surface area contributed by atoms with Gasteiger partial charge in [0, 0.05) is 0 Å². The summed E-state index contributed by atoms with van der Waals surface area (Å²) in [5.41, 5.74) is -3.84. The smallest absolute Gasteiger partial charge is 0.187 e. The van der Waals surface area contributed by atoms with Crippen LogP contribution < -0.4 is 0 Å². The van der Waals surface area contributed by atoms with Gasteiger partial charge in [0.25, 0.3) is 0 Å². The van der Waals surface area contributed by atoms with Crippen molar-refractivity contribution in [1.82, 2.24) is 0 Å². The molecule has 0 aromatic rings. The van der Waals surface area contributed by atoms with Crippen molar-refractivity contribution in [1.29, 1.82) is 21.0 Å². The molecule has 4 nitrogen and oxygen atoms in total. The number of hydrogen-bond donors (Lipinski definition) is 0. The van der Waals surface area contributed by atoms with Gasteiger partial charge in [0.05, 0.1) is 29.7 Å². The van der Waals surface area contributed by atoms with Crippen LogP contribution in [0.4, 0.5) is 0 Å². The second-order valence-electron chi connectivity index (χ2n) is 4.21. The van der Waals surface area contributed by atoms with Crippen molar-refractivity contribution < 1.29 is 0 Å². The Labute approximate surface area is 93.6 Å². The Morgan fingerprint density at radius 3 is 1.69 bits per heavy atom. The third kappa shape index (κ3) is 0.670. The van der Waals surface area contributed by atoms with Gasteiger partial charge in [-0.1, -0.05) is 12.2 Å². The molecule has 0 aliphatic heterocycles. The first-order chi connectivity index (χ1) is 7.70. The van der Waals surface area contributed by atoms with Gasteiger partial charge in [0.1, 0.15) is 0 Å². The first kappa shape index (κ1) is 10.2. The predicted molar refractivity (Wildman–Crippen MR) is 52.7 cm³/mol. The van der Waals surface area contributed by atoms with Crippen molar-refractivity contribution in [3.63, 3.8) is 0 Å². The van der Waals surface area contributed by atoms with Gasteiger partial charge in [0.2, 0.25) is 0 Å². The summed E-state index contributed by atoms with van der Waals surface area (Å²) >= 11 is 0. The Balaban J connectivity index is 2.68. The highest BCUT2D eigenvalue weighted by Crippen LogP contribution is 2.80. The van der Waals surface area contributed by atoms with Crippen LogP contribution in [-0.4, -0.2) is 0 Å². The predicted octanol–water partition coefficient (Wildman–Crippen LogP) is 1.79. The van der Waals surface area contributed by atoms with Crippen LogP contribution in [-0.2, 0) is 0 Å². The van der Waals surface area contributed by atoms with Crippen molar-refractivity contribution in [2.75, 3.05) is 0 Å². The summed E-state index contributed by atoms with van der Waals surface area (Å²) in [6.07, 6.45) is 5.85. The van der Waals surface area contributed by atoms with Crippen LogP contribution in [0.2, 0.25) is 0 Å². The van der Waals surface area contributed by atoms with Crippen LogP contribution in [0.15, 0.2) is 12.2 Å². The molecule has 0 heterocycles. The molecule has 0 bridgehead atoms. The Bertz CT molecular complexity index is 463. The Kier molecular flexibility index (Phi) is 1.82. The fourth-order valence-electron chi connectivity index (χ4n) is 2.93. The molecule has 0 aromatic heterocycles. The van der Waals surface area contributed by atoms with Crippen LogP contribution in [0.3, 0.4) is 0 Å². The van der Waals surface area contributed by atoms with Crippen molar-refractivity contribution in [3.05, 3.63) is 12.2 Å². The van der Waals surface area contributed by atoms with Crippen LogP contribution >= 0.6 is 0 Å². The van der Waals surface area contributed by atoms with E-state index in [1.807, 2.05) is 30.4 Å². The molecule has 0 unspecified atom stereocenters. The molecule has 0 atom stereocenters. The lowest BCUT2D eigenvalue weighted by atomic mass is 9.84. The zero-order chi connectivity index (χ0) is 11.9. The molecule has 2 rings (SSSR count). The summed E-state index contributed by atoms with van der Waals surface area (Å²) in [7, 11) is 0. The normalized spacial score (nSPS) is 25.8. The van der Waals surface area contributed by atoms with Gasteiger partial charge < -0.3 is 0 Å². The molecular weight excluding hydrogens is 200 g/mol. The quantitative estimate of drug-likeness (QED) is 0.567. The van der Waals surface area contributed by atoms with Crippen LogP contribution in [0.1, 0.15) is 19.3 Å². The summed E-state index contributed by atoms with van der Waals surface area (Å²) < 4.78 is 0. The number of nitriles is 4. The van der Waals surface area contributed by atoms with E-state index in [4.69, 9.17) is 21.0 Å². The summed E-state index contributed by atoms with van der Waals surface area (Å²) in [6.45, 7) is 0. The van der Waals surface area contributed by atoms with Gasteiger partial charge in [-0.15, -0.1) is 0 Å². The van der Waals surface area contributed by atoms with E-state index in [1.54, 1.807) is 6.08 Å². The SMILES string of the molecule is N#CC1(C#N)C(C#N)(C#N)C12C=CCCC2. The largest absolute Gasteiger partial charge is 0.196 e. The molecule has 1 spiro atoms. The molecule has 76 valence electrons. The van der Waals surface area contributed by atoms with E-state index in [9.17, 15) is 0 Å². The third-order valence-corrected chi connectivity index (χ3v) is 3.85. The summed E-state index contributed by atoms with van der Waals surface area (Å²) in [5.74, 6) is 0. The minimum absolute atomic E-state index is 0.561. The highest BCUT2D eigenvalue weighted by Gasteiger charge is 2.90. The molecule has 0 N–H and O–H groups in total. The van der Waals surface area contributed by atoms with E-state index in [2.05, 4.69) is 0 Å². The van der Waals surface area contributed by atoms with Gasteiger partial charge in [-0.3, -0.25) is 0 Å². The summed E-state index contributed by atoms with van der Waals surface area (Å²) in [4.78, 5) is 0. The monoisotopic (exact) mass is 208 g/mol. The number of allylic oxidation sites excluding steroid dienone is 2. The molecule has 0 amide bonds. The fourth-order valence-corrected chi connectivity index (χ4v) is 2.93. The molecule has 4 heteroatoms. The van der Waals surface area contributed by atoms with Crippen LogP contribution in [0.5, 0.6) is 0 Å². The zero-order valence-electron chi connectivity index (χ0n) is 8.56. The highest BCUT2D eigenvalue weighted by molar-refractivity contribution is 5.59. The molecular formula is C12H8N4. The maximum absolute atomic E-state index is 9.16. The maximum atomic E-state index is 9.16. The minimum atomic E-state index is -1.49. The summed E-state index contributed by atoms with van der Waals surface area (Å²) in [5, 5.41) is 36.7. The highest BCUT2D eigenvalue weighted by atomic mass is 14.8. The minimum Gasteiger partial charge on any atom is -0.196 e. The van der Waals surface area contributed by atoms with E-state index in [0.717, 1.165) is 12.8 Å². The molecule has 1 fully saturated rings. The first-order valence-corrected chi connectivity index (χ1v) is 5.03. The van der Waals surface area contributed by atoms with E-state index in [0.29, 0.717) is 6.42 Å². The molecule has 0 saturated heterocycles. The van der Waals surface area contributed by atoms with Crippen LogP contribution in [0.25, 0.3) is 0 Å². The molecule has 2 aliphatic carbocycles. The second-order valence-corrected chi connectivity index (χ2v) is 4.21. The molecule has 1 saturated carbocycles. The molecule has 2 aliphatic rings. The van der Waals surface area contributed by atoms with Crippen molar-refractivity contribution in [2.24, 2.45) is 16.2 Å². The summed E-state index contributed by atoms with van der Waals surface area (Å²) in [6, 6.07) is 7.59. The molecule has 0 aromatic carbocycles. The average Bonchev–Trinajstić information content (AvgIpc) is 2.85. The Hall–Kier alpha value is -2.30. The van der Waals surface area contributed by atoms with Crippen LogP contribution in [0, 0.1) is 61.6 Å². The Morgan fingerprint density at radius 2 is 1.38 bits per heavy atom. The second kappa shape index (κ2) is 2.85. The van der Waals surface area contributed by atoms with Crippen molar-refractivity contribution >= 4 is 0 Å². The molecule has 0 radical (unpaired) electrons. The van der Waals surface area contributed by atoms with E-state index < -0.39 is 16.2 Å². The van der Waals surface area contributed by atoms with Gasteiger partial charge in [0.15, 0.2) is 10.8 Å². The number of hydrogen-bond acceptors (Lipinski definition) is 4. The van der Waals surface area contributed by atoms with Gasteiger partial charge >= 0.3 is 0 Å². The average molecular weight is 208 g/mol. The lowest BCUT2D eigenvalue weighted by molar-refractivity contribution is 0.454. The standard InChI is InChI=1S/C12H8N4/c13-6-11(7-14)10(4-2-1-3-5-10)12(11,8-15)9-16/h2,4H,1,3,5H2. The Morgan fingerprint density at radius 1 is 0.875 bits per heavy atom. The lowest BCUT2D eigenvalue weighted by Crippen LogP contribution is -2.12. The fraction of sp³-hybridized carbons (Fsp3) is 0.500. The maximum Gasteiger partial charge on any atom is 0.187 e. The van der Waals surface area contributed by atoms with Crippen molar-refractivity contribution in [2.45, 2.75) is 19.3 Å². The van der Waals surface area contributed by atoms with E-state index in [1.165, 1.54) is 0 Å². The van der Waals surface area contributed by atoms with E-state index >= 15 is 0 Å². The van der Waals surface area contributed by atoms with Gasteiger partial charge in [-0.25, -0.2) is 0 Å². The zero-order valence-corrected chi connectivity index (χ0v) is 8.56. The topological polar surface area (TPSA) is 95.2 Å². The number of nitrogens with zero attached hydrogens (tertiary/aromatic N) is 4. The molecule has 16 heavy (non-hydrogen) atoms.